The zero-order chi connectivity index (χ0) is 28.2. The summed E-state index contributed by atoms with van der Waals surface area (Å²) < 4.78 is 1.95. The number of likely N-dealkylation sites (N-methyl/N-ethyl adjacent to an activating group) is 2. The van der Waals surface area contributed by atoms with Crippen LogP contribution < -0.4 is 21.8 Å². The number of hydrogen-bond donors (Lipinski definition) is 3. The van der Waals surface area contributed by atoms with E-state index in [0.29, 0.717) is 12.4 Å². The van der Waals surface area contributed by atoms with E-state index in [1.165, 1.54) is 6.33 Å². The quantitative estimate of drug-likeness (QED) is 0.264. The van der Waals surface area contributed by atoms with Crippen LogP contribution in [0.3, 0.4) is 0 Å². The van der Waals surface area contributed by atoms with Gasteiger partial charge >= 0.3 is 0 Å². The van der Waals surface area contributed by atoms with Gasteiger partial charge in [0.1, 0.15) is 23.6 Å². The molecule has 1 atom stereocenters. The Morgan fingerprint density at radius 3 is 2.51 bits per heavy atom. The number of nitrogens with zero attached hydrogens (tertiary/aromatic N) is 6. The molecule has 4 rings (SSSR count). The molecule has 1 aromatic carbocycles. The molecule has 10 heteroatoms. The zero-order valence-electron chi connectivity index (χ0n) is 23.8. The van der Waals surface area contributed by atoms with Gasteiger partial charge in [-0.2, -0.15) is 11.0 Å². The van der Waals surface area contributed by atoms with Crippen LogP contribution in [0.25, 0.3) is 22.3 Å². The van der Waals surface area contributed by atoms with E-state index in [-0.39, 0.29) is 11.5 Å². The Kier molecular flexibility index (Phi) is 8.57. The molecule has 0 fully saturated rings. The van der Waals surface area contributed by atoms with Gasteiger partial charge in [0, 0.05) is 49.0 Å². The van der Waals surface area contributed by atoms with Crippen LogP contribution in [0, 0.1) is 5.41 Å². The van der Waals surface area contributed by atoms with Crippen molar-refractivity contribution in [3.05, 3.63) is 66.4 Å². The number of nitrogens with two attached hydrogens (primary N) is 2. The maximum absolute atomic E-state index is 6.34. The Bertz CT molecular complexity index is 1360. The minimum atomic E-state index is -0.150. The predicted octanol–water partition coefficient (Wildman–Crippen LogP) is 3.87. The highest BCUT2D eigenvalue weighted by molar-refractivity contribution is 5.98. The summed E-state index contributed by atoms with van der Waals surface area (Å²) in [5, 5.41) is 9.19. The van der Waals surface area contributed by atoms with Crippen LogP contribution in [-0.4, -0.2) is 65.4 Å². The number of fused-ring (bicyclic) bond motifs is 1. The first-order valence-electron chi connectivity index (χ1n) is 13.2. The molecule has 3 aromatic rings. The summed E-state index contributed by atoms with van der Waals surface area (Å²) in [5.74, 6) is 6.62. The van der Waals surface area contributed by atoms with Gasteiger partial charge in [-0.3, -0.25) is 0 Å². The monoisotopic (exact) mass is 531 g/mol. The lowest BCUT2D eigenvalue weighted by Gasteiger charge is -2.21. The molecule has 0 bridgehead atoms. The fourth-order valence-corrected chi connectivity index (χ4v) is 4.50. The van der Waals surface area contributed by atoms with Crippen molar-refractivity contribution in [2.24, 2.45) is 11.3 Å². The van der Waals surface area contributed by atoms with Crippen LogP contribution in [0.1, 0.15) is 33.2 Å². The fraction of sp³-hybridized carbons (Fsp3) is 0.414. The molecule has 1 unspecified atom stereocenters. The third-order valence-electron chi connectivity index (χ3n) is 6.83. The van der Waals surface area contributed by atoms with Crippen molar-refractivity contribution in [2.45, 2.75) is 33.2 Å². The zero-order valence-corrected chi connectivity index (χ0v) is 23.8. The molecule has 39 heavy (non-hydrogen) atoms. The molecule has 1 aliphatic carbocycles. The summed E-state index contributed by atoms with van der Waals surface area (Å²) in [6.07, 6.45) is 10.6. The van der Waals surface area contributed by atoms with Crippen LogP contribution in [0.5, 0.6) is 0 Å². The molecule has 10 nitrogen and oxygen atoms in total. The van der Waals surface area contributed by atoms with Crippen molar-refractivity contribution in [3.63, 3.8) is 0 Å². The first-order valence-corrected chi connectivity index (χ1v) is 13.2. The largest absolute Gasteiger partial charge is 0.416 e. The fourth-order valence-electron chi connectivity index (χ4n) is 4.50. The molecular weight excluding hydrogens is 490 g/mol. The molecule has 5 N–H and O–H groups in total. The first-order chi connectivity index (χ1) is 18.6. The lowest BCUT2D eigenvalue weighted by Crippen LogP contribution is -2.28. The van der Waals surface area contributed by atoms with Crippen molar-refractivity contribution < 1.29 is 4.84 Å². The summed E-state index contributed by atoms with van der Waals surface area (Å²) in [5.41, 5.74) is 10.9. The van der Waals surface area contributed by atoms with Crippen LogP contribution in [0.15, 0.2) is 66.4 Å². The average Bonchev–Trinajstić information content (AvgIpc) is 3.30. The summed E-state index contributed by atoms with van der Waals surface area (Å²) in [6.45, 7) is 8.73. The number of hydrogen-bond acceptors (Lipinski definition) is 9. The Morgan fingerprint density at radius 2 is 1.90 bits per heavy atom. The number of aromatic nitrogens is 4. The number of rotatable bonds is 10. The van der Waals surface area contributed by atoms with E-state index in [2.05, 4.69) is 109 Å². The molecule has 0 amide bonds. The number of allylic oxidation sites excluding steroid dienone is 4. The third kappa shape index (κ3) is 6.58. The van der Waals surface area contributed by atoms with Crippen LogP contribution >= 0.6 is 0 Å². The third-order valence-corrected chi connectivity index (χ3v) is 6.83. The number of nitrogens with one attached hydrogen (secondary N) is 1. The molecule has 0 spiro atoms. The summed E-state index contributed by atoms with van der Waals surface area (Å²) in [7, 11) is 6.27. The lowest BCUT2D eigenvalue weighted by atomic mass is 9.93. The first kappa shape index (κ1) is 28.1. The summed E-state index contributed by atoms with van der Waals surface area (Å²) in [6, 6.07) is 8.41. The molecular formula is C29H41N9O. The average molecular weight is 532 g/mol. The molecule has 0 aliphatic heterocycles. The van der Waals surface area contributed by atoms with E-state index in [0.717, 1.165) is 58.9 Å². The smallest absolute Gasteiger partial charge is 0.164 e. The summed E-state index contributed by atoms with van der Waals surface area (Å²) in [4.78, 5) is 18.3. The van der Waals surface area contributed by atoms with Gasteiger partial charge in [-0.1, -0.05) is 45.1 Å². The second-order valence-electron chi connectivity index (χ2n) is 11.2. The molecule has 0 saturated carbocycles. The highest BCUT2D eigenvalue weighted by Gasteiger charge is 2.22. The minimum Gasteiger partial charge on any atom is -0.416 e. The predicted molar refractivity (Wildman–Crippen MR) is 159 cm³/mol. The van der Waals surface area contributed by atoms with E-state index in [1.807, 2.05) is 10.8 Å². The van der Waals surface area contributed by atoms with Crippen molar-refractivity contribution in [1.29, 1.82) is 0 Å². The molecule has 208 valence electrons. The normalized spacial score (nSPS) is 16.1. The molecule has 1 aliphatic rings. The Hall–Kier alpha value is -3.89. The molecule has 2 heterocycles. The Labute approximate surface area is 231 Å². The highest BCUT2D eigenvalue weighted by Crippen LogP contribution is 2.34. The maximum Gasteiger partial charge on any atom is 0.164 e. The second-order valence-corrected chi connectivity index (χ2v) is 11.2. The van der Waals surface area contributed by atoms with Crippen LogP contribution in [-0.2, 0) is 4.84 Å². The van der Waals surface area contributed by atoms with Crippen molar-refractivity contribution in [3.8, 4) is 11.3 Å². The molecule has 2 aromatic heterocycles. The van der Waals surface area contributed by atoms with Crippen LogP contribution in [0.2, 0.25) is 0 Å². The molecule has 0 radical (unpaired) electrons. The highest BCUT2D eigenvalue weighted by atomic mass is 16.6. The van der Waals surface area contributed by atoms with Crippen molar-refractivity contribution in [2.75, 3.05) is 51.4 Å². The molecule has 0 saturated heterocycles. The van der Waals surface area contributed by atoms with Gasteiger partial charge in [-0.15, -0.1) is 0 Å². The van der Waals surface area contributed by atoms with E-state index in [4.69, 9.17) is 21.6 Å². The van der Waals surface area contributed by atoms with Gasteiger partial charge in [0.05, 0.1) is 11.4 Å². The Balaban J connectivity index is 1.53. The minimum absolute atomic E-state index is 0.00518. The van der Waals surface area contributed by atoms with Gasteiger partial charge in [0.2, 0.25) is 0 Å². The van der Waals surface area contributed by atoms with E-state index in [1.54, 1.807) is 0 Å². The van der Waals surface area contributed by atoms with E-state index >= 15 is 0 Å². The van der Waals surface area contributed by atoms with Crippen molar-refractivity contribution in [1.82, 2.24) is 30.0 Å². The SMILES string of the molecule is CN(C)CCN(C)c1ccc(-c2nn(C3C=CC(NC/C=C(\ON)C(C)(C)C)=CC3)c3ncnc(N)c23)cc1. The lowest BCUT2D eigenvalue weighted by molar-refractivity contribution is 0.154. The number of nitrogen functional groups attached to an aromatic ring is 1. The van der Waals surface area contributed by atoms with E-state index in [9.17, 15) is 0 Å². The van der Waals surface area contributed by atoms with Gasteiger partial charge in [-0.05, 0) is 44.8 Å². The maximum atomic E-state index is 6.34. The van der Waals surface area contributed by atoms with Gasteiger partial charge in [-0.25, -0.2) is 14.6 Å². The topological polar surface area (TPSA) is 123 Å². The van der Waals surface area contributed by atoms with Crippen LogP contribution in [0.4, 0.5) is 11.5 Å². The van der Waals surface area contributed by atoms with Gasteiger partial charge in [0.25, 0.3) is 0 Å². The van der Waals surface area contributed by atoms with Gasteiger partial charge in [0.15, 0.2) is 5.65 Å². The standard InChI is InChI=1S/C29H41N9O/c1-29(2,3)24(39-31)15-16-32-21-9-13-23(14-10-21)38-28-25(27(30)33-19-34-28)26(35-38)20-7-11-22(12-8-20)37(6)18-17-36(4)5/h7-13,15,19,23,32H,14,16-18,31H2,1-6H3,(H2,30,33,34)/b24-15-. The van der Waals surface area contributed by atoms with Gasteiger partial charge < -0.3 is 25.7 Å². The number of anilines is 2. The van der Waals surface area contributed by atoms with E-state index < -0.39 is 0 Å². The van der Waals surface area contributed by atoms with Crippen molar-refractivity contribution >= 4 is 22.5 Å². The summed E-state index contributed by atoms with van der Waals surface area (Å²) >= 11 is 0. The second kappa shape index (κ2) is 11.9. The number of benzene rings is 1. The Morgan fingerprint density at radius 1 is 1.15 bits per heavy atom.